The number of aromatic amines is 1. The fourth-order valence-electron chi connectivity index (χ4n) is 2.56. The van der Waals surface area contributed by atoms with Crippen molar-refractivity contribution in [2.75, 3.05) is 13.2 Å². The van der Waals surface area contributed by atoms with Gasteiger partial charge in [0.25, 0.3) is 5.91 Å². The van der Waals surface area contributed by atoms with Crippen molar-refractivity contribution >= 4 is 17.2 Å². The van der Waals surface area contributed by atoms with E-state index in [1.54, 1.807) is 17.4 Å². The number of nitrogens with zero attached hydrogens (tertiary/aromatic N) is 1. The predicted molar refractivity (Wildman–Crippen MR) is 105 cm³/mol. The monoisotopic (exact) mass is 369 g/mol. The summed E-state index contributed by atoms with van der Waals surface area (Å²) in [4.78, 5) is 13.6. The maximum Gasteiger partial charge on any atom is 0.269 e. The molecule has 0 spiro atoms. The molecule has 6 heteroatoms. The minimum Gasteiger partial charge on any atom is -0.493 e. The van der Waals surface area contributed by atoms with Crippen molar-refractivity contribution in [3.63, 3.8) is 0 Å². The van der Waals surface area contributed by atoms with Gasteiger partial charge >= 0.3 is 0 Å². The number of amides is 1. The van der Waals surface area contributed by atoms with Gasteiger partial charge < -0.3 is 10.1 Å². The molecule has 136 valence electrons. The van der Waals surface area contributed by atoms with Crippen LogP contribution in [0.2, 0.25) is 0 Å². The highest BCUT2D eigenvalue weighted by Gasteiger charge is 2.13. The number of unbranched alkanes of at least 4 members (excludes halogenated alkanes) is 1. The Morgan fingerprint density at radius 1 is 1.27 bits per heavy atom. The van der Waals surface area contributed by atoms with Gasteiger partial charge in [-0.05, 0) is 42.5 Å². The van der Waals surface area contributed by atoms with Gasteiger partial charge in [-0.15, -0.1) is 11.3 Å². The number of benzene rings is 1. The molecule has 2 aromatic heterocycles. The van der Waals surface area contributed by atoms with Crippen LogP contribution in [0.4, 0.5) is 0 Å². The van der Waals surface area contributed by atoms with Crippen molar-refractivity contribution in [2.45, 2.75) is 26.2 Å². The largest absolute Gasteiger partial charge is 0.493 e. The van der Waals surface area contributed by atoms with Gasteiger partial charge in [-0.25, -0.2) is 0 Å². The fraction of sp³-hybridized carbons (Fsp3) is 0.300. The molecule has 0 bridgehead atoms. The van der Waals surface area contributed by atoms with Gasteiger partial charge in [0.15, 0.2) is 0 Å². The summed E-state index contributed by atoms with van der Waals surface area (Å²) in [5.41, 5.74) is 2.05. The first-order valence-electron chi connectivity index (χ1n) is 8.86. The summed E-state index contributed by atoms with van der Waals surface area (Å²) in [5.74, 6) is 0.641. The molecule has 0 fully saturated rings. The number of hydrogen-bond donors (Lipinski definition) is 2. The van der Waals surface area contributed by atoms with E-state index in [0.29, 0.717) is 24.5 Å². The molecule has 2 heterocycles. The molecule has 1 aromatic carbocycles. The quantitative estimate of drug-likeness (QED) is 0.553. The number of aromatic nitrogens is 2. The Kier molecular flexibility index (Phi) is 6.44. The molecule has 0 aliphatic carbocycles. The Labute approximate surface area is 157 Å². The number of para-hydroxylation sites is 1. The topological polar surface area (TPSA) is 67.0 Å². The number of H-pyrrole nitrogens is 1. The van der Waals surface area contributed by atoms with Crippen LogP contribution in [0.5, 0.6) is 5.75 Å². The van der Waals surface area contributed by atoms with E-state index in [1.165, 1.54) is 4.88 Å². The van der Waals surface area contributed by atoms with Gasteiger partial charge in [0, 0.05) is 17.0 Å². The van der Waals surface area contributed by atoms with Crippen LogP contribution in [0.15, 0.2) is 47.8 Å². The lowest BCUT2D eigenvalue weighted by molar-refractivity contribution is 0.0949. The van der Waals surface area contributed by atoms with Gasteiger partial charge in [-0.1, -0.05) is 31.5 Å². The summed E-state index contributed by atoms with van der Waals surface area (Å²) < 4.78 is 5.85. The SMILES string of the molecule is CCCCOc1ccccc1-c1cc(C(=O)NCCc2cccs2)[nH]n1. The minimum absolute atomic E-state index is 0.148. The third-order valence-electron chi connectivity index (χ3n) is 3.98. The third kappa shape index (κ3) is 4.73. The fourth-order valence-corrected chi connectivity index (χ4v) is 3.26. The van der Waals surface area contributed by atoms with Crippen molar-refractivity contribution < 1.29 is 9.53 Å². The highest BCUT2D eigenvalue weighted by Crippen LogP contribution is 2.28. The summed E-state index contributed by atoms with van der Waals surface area (Å²) in [7, 11) is 0. The number of rotatable bonds is 9. The molecular weight excluding hydrogens is 346 g/mol. The Balaban J connectivity index is 1.63. The van der Waals surface area contributed by atoms with Gasteiger partial charge in [-0.2, -0.15) is 5.10 Å². The second-order valence-electron chi connectivity index (χ2n) is 5.95. The highest BCUT2D eigenvalue weighted by molar-refractivity contribution is 7.09. The van der Waals surface area contributed by atoms with E-state index in [2.05, 4.69) is 28.5 Å². The molecule has 3 rings (SSSR count). The van der Waals surface area contributed by atoms with Crippen molar-refractivity contribution in [3.05, 3.63) is 58.4 Å². The van der Waals surface area contributed by atoms with Gasteiger partial charge in [0.1, 0.15) is 11.4 Å². The Morgan fingerprint density at radius 2 is 2.15 bits per heavy atom. The summed E-state index contributed by atoms with van der Waals surface area (Å²) in [6.07, 6.45) is 2.92. The van der Waals surface area contributed by atoms with Crippen LogP contribution in [-0.2, 0) is 6.42 Å². The van der Waals surface area contributed by atoms with E-state index in [4.69, 9.17) is 4.74 Å². The maximum absolute atomic E-state index is 12.3. The smallest absolute Gasteiger partial charge is 0.269 e. The van der Waals surface area contributed by atoms with Crippen LogP contribution in [0.1, 0.15) is 35.1 Å². The molecule has 0 atom stereocenters. The van der Waals surface area contributed by atoms with E-state index in [9.17, 15) is 4.79 Å². The third-order valence-corrected chi connectivity index (χ3v) is 4.91. The Hall–Kier alpha value is -2.60. The normalized spacial score (nSPS) is 10.7. The first-order valence-corrected chi connectivity index (χ1v) is 9.74. The van der Waals surface area contributed by atoms with E-state index in [0.717, 1.165) is 30.6 Å². The summed E-state index contributed by atoms with van der Waals surface area (Å²) >= 11 is 1.70. The molecule has 3 aromatic rings. The Bertz CT molecular complexity index is 827. The summed E-state index contributed by atoms with van der Waals surface area (Å²) in [6, 6.07) is 13.6. The van der Waals surface area contributed by atoms with E-state index in [-0.39, 0.29) is 5.91 Å². The lowest BCUT2D eigenvalue weighted by Crippen LogP contribution is -2.25. The van der Waals surface area contributed by atoms with E-state index < -0.39 is 0 Å². The number of carbonyl (C=O) groups is 1. The van der Waals surface area contributed by atoms with Crippen molar-refractivity contribution in [1.29, 1.82) is 0 Å². The van der Waals surface area contributed by atoms with E-state index >= 15 is 0 Å². The van der Waals surface area contributed by atoms with Gasteiger partial charge in [0.2, 0.25) is 0 Å². The average molecular weight is 369 g/mol. The molecule has 0 saturated carbocycles. The zero-order valence-electron chi connectivity index (χ0n) is 14.8. The van der Waals surface area contributed by atoms with Crippen LogP contribution >= 0.6 is 11.3 Å². The standard InChI is InChI=1S/C20H23N3O2S/c1-2-3-12-25-19-9-5-4-8-16(19)17-14-18(23-22-17)20(24)21-11-10-15-7-6-13-26-15/h4-9,13-14H,2-3,10-12H2,1H3,(H,21,24)(H,22,23). The number of thiophene rings is 1. The molecule has 0 unspecified atom stereocenters. The molecule has 26 heavy (non-hydrogen) atoms. The molecule has 0 saturated heterocycles. The zero-order chi connectivity index (χ0) is 18.2. The average Bonchev–Trinajstić information content (AvgIpc) is 3.34. The summed E-state index contributed by atoms with van der Waals surface area (Å²) in [5, 5.41) is 12.1. The zero-order valence-corrected chi connectivity index (χ0v) is 15.6. The molecule has 1 amide bonds. The lowest BCUT2D eigenvalue weighted by Gasteiger charge is -2.09. The van der Waals surface area contributed by atoms with Crippen molar-refractivity contribution in [1.82, 2.24) is 15.5 Å². The van der Waals surface area contributed by atoms with Crippen molar-refractivity contribution in [3.8, 4) is 17.0 Å². The first kappa shape index (κ1) is 18.2. The van der Waals surface area contributed by atoms with Gasteiger partial charge in [-0.3, -0.25) is 9.89 Å². The number of hydrogen-bond acceptors (Lipinski definition) is 4. The number of ether oxygens (including phenoxy) is 1. The first-order chi connectivity index (χ1) is 12.8. The highest BCUT2D eigenvalue weighted by atomic mass is 32.1. The molecule has 0 aliphatic rings. The number of carbonyl (C=O) groups excluding carboxylic acids is 1. The minimum atomic E-state index is -0.148. The van der Waals surface area contributed by atoms with E-state index in [1.807, 2.05) is 35.7 Å². The molecule has 2 N–H and O–H groups in total. The van der Waals surface area contributed by atoms with Crippen LogP contribution in [-0.4, -0.2) is 29.3 Å². The molecule has 0 aliphatic heterocycles. The number of nitrogens with one attached hydrogen (secondary N) is 2. The lowest BCUT2D eigenvalue weighted by atomic mass is 10.1. The molecular formula is C20H23N3O2S. The predicted octanol–water partition coefficient (Wildman–Crippen LogP) is 4.29. The van der Waals surface area contributed by atoms with Gasteiger partial charge in [0.05, 0.1) is 12.3 Å². The second kappa shape index (κ2) is 9.20. The molecule has 5 nitrogen and oxygen atoms in total. The van der Waals surface area contributed by atoms with Crippen LogP contribution < -0.4 is 10.1 Å². The van der Waals surface area contributed by atoms with Crippen molar-refractivity contribution in [2.24, 2.45) is 0 Å². The van der Waals surface area contributed by atoms with Crippen LogP contribution in [0.3, 0.4) is 0 Å². The van der Waals surface area contributed by atoms with Crippen LogP contribution in [0, 0.1) is 0 Å². The second-order valence-corrected chi connectivity index (χ2v) is 6.98. The summed E-state index contributed by atoms with van der Waals surface area (Å²) in [6.45, 7) is 3.41. The Morgan fingerprint density at radius 3 is 2.96 bits per heavy atom. The molecule has 0 radical (unpaired) electrons. The van der Waals surface area contributed by atoms with Crippen LogP contribution in [0.25, 0.3) is 11.3 Å². The maximum atomic E-state index is 12.3.